The van der Waals surface area contributed by atoms with Gasteiger partial charge in [-0.1, -0.05) is 36.4 Å². The van der Waals surface area contributed by atoms with Gasteiger partial charge in [0.05, 0.1) is 25.9 Å². The van der Waals surface area contributed by atoms with Crippen molar-refractivity contribution in [2.75, 3.05) is 13.2 Å². The van der Waals surface area contributed by atoms with Crippen molar-refractivity contribution in [3.05, 3.63) is 48.6 Å². The molecule has 0 saturated carbocycles. The fraction of sp³-hybridized carbons (Fsp3) is 0.429. The Bertz CT molecular complexity index is 311. The normalized spacial score (nSPS) is 14.2. The second-order valence-corrected chi connectivity index (χ2v) is 4.04. The highest BCUT2D eigenvalue weighted by molar-refractivity contribution is 5.13. The molecule has 0 amide bonds. The van der Waals surface area contributed by atoms with E-state index >= 15 is 0 Å². The predicted molar refractivity (Wildman–Crippen MR) is 67.5 cm³/mol. The van der Waals surface area contributed by atoms with Crippen LogP contribution in [0.25, 0.3) is 0 Å². The van der Waals surface area contributed by atoms with Crippen LogP contribution < -0.4 is 0 Å². The smallest absolute Gasteiger partial charge is 0.0823 e. The lowest BCUT2D eigenvalue weighted by atomic mass is 10.0. The van der Waals surface area contributed by atoms with E-state index in [0.717, 1.165) is 5.56 Å². The Kier molecular flexibility index (Phi) is 6.55. The standard InChI is InChI=1S/C14H20O3/c1-2-6-13(14(16)9-15)11-17-10-12-7-4-3-5-8-12/h2-5,7-8,13-16H,1,6,9-11H2. The van der Waals surface area contributed by atoms with Crippen LogP contribution in [0.1, 0.15) is 12.0 Å². The molecule has 3 heteroatoms. The van der Waals surface area contributed by atoms with Crippen molar-refractivity contribution in [2.45, 2.75) is 19.1 Å². The van der Waals surface area contributed by atoms with Crippen LogP contribution in [0.3, 0.4) is 0 Å². The molecule has 3 nitrogen and oxygen atoms in total. The quantitative estimate of drug-likeness (QED) is 0.676. The summed E-state index contributed by atoms with van der Waals surface area (Å²) in [5.41, 5.74) is 1.10. The third-order valence-corrected chi connectivity index (χ3v) is 2.64. The number of aliphatic hydroxyl groups excluding tert-OH is 2. The first-order valence-electron chi connectivity index (χ1n) is 5.79. The molecule has 94 valence electrons. The Morgan fingerprint density at radius 2 is 2.00 bits per heavy atom. The van der Waals surface area contributed by atoms with Gasteiger partial charge in [0, 0.05) is 5.92 Å². The zero-order valence-corrected chi connectivity index (χ0v) is 9.96. The Morgan fingerprint density at radius 1 is 1.29 bits per heavy atom. The third kappa shape index (κ3) is 5.13. The number of aliphatic hydroxyl groups is 2. The zero-order chi connectivity index (χ0) is 12.5. The monoisotopic (exact) mass is 236 g/mol. The number of rotatable bonds is 8. The molecular weight excluding hydrogens is 216 g/mol. The number of ether oxygens (including phenoxy) is 1. The van der Waals surface area contributed by atoms with Gasteiger partial charge in [-0.3, -0.25) is 0 Å². The summed E-state index contributed by atoms with van der Waals surface area (Å²) in [4.78, 5) is 0. The molecule has 2 unspecified atom stereocenters. The second-order valence-electron chi connectivity index (χ2n) is 4.04. The molecule has 2 atom stereocenters. The van der Waals surface area contributed by atoms with Crippen molar-refractivity contribution in [1.29, 1.82) is 0 Å². The molecule has 1 aromatic rings. The minimum Gasteiger partial charge on any atom is -0.394 e. The van der Waals surface area contributed by atoms with Crippen LogP contribution in [-0.4, -0.2) is 29.5 Å². The molecular formula is C14H20O3. The van der Waals surface area contributed by atoms with Crippen LogP contribution in [0, 0.1) is 5.92 Å². The van der Waals surface area contributed by atoms with Gasteiger partial charge in [0.25, 0.3) is 0 Å². The number of hydrogen-bond donors (Lipinski definition) is 2. The van der Waals surface area contributed by atoms with E-state index in [1.54, 1.807) is 6.08 Å². The van der Waals surface area contributed by atoms with Gasteiger partial charge in [0.1, 0.15) is 0 Å². The summed E-state index contributed by atoms with van der Waals surface area (Å²) in [6.45, 7) is 4.33. The van der Waals surface area contributed by atoms with E-state index in [-0.39, 0.29) is 12.5 Å². The summed E-state index contributed by atoms with van der Waals surface area (Å²) in [5, 5.41) is 18.5. The van der Waals surface area contributed by atoms with Crippen LogP contribution in [0.4, 0.5) is 0 Å². The summed E-state index contributed by atoms with van der Waals surface area (Å²) in [7, 11) is 0. The lowest BCUT2D eigenvalue weighted by Gasteiger charge is -2.19. The van der Waals surface area contributed by atoms with Crippen molar-refractivity contribution in [3.8, 4) is 0 Å². The van der Waals surface area contributed by atoms with Gasteiger partial charge >= 0.3 is 0 Å². The maximum Gasteiger partial charge on any atom is 0.0823 e. The minimum atomic E-state index is -0.747. The third-order valence-electron chi connectivity index (χ3n) is 2.64. The molecule has 0 bridgehead atoms. The highest BCUT2D eigenvalue weighted by atomic mass is 16.5. The highest BCUT2D eigenvalue weighted by Crippen LogP contribution is 2.11. The Hall–Kier alpha value is -1.16. The molecule has 17 heavy (non-hydrogen) atoms. The first-order valence-corrected chi connectivity index (χ1v) is 5.79. The maximum absolute atomic E-state index is 9.57. The summed E-state index contributed by atoms with van der Waals surface area (Å²) in [6, 6.07) is 9.86. The second kappa shape index (κ2) is 8.01. The maximum atomic E-state index is 9.57. The van der Waals surface area contributed by atoms with Gasteiger partial charge in [0.2, 0.25) is 0 Å². The lowest BCUT2D eigenvalue weighted by molar-refractivity contribution is -0.00420. The molecule has 0 aliphatic carbocycles. The van der Waals surface area contributed by atoms with Crippen LogP contribution >= 0.6 is 0 Å². The molecule has 0 fully saturated rings. The first-order chi connectivity index (χ1) is 8.27. The van der Waals surface area contributed by atoms with Crippen molar-refractivity contribution in [2.24, 2.45) is 5.92 Å². The van der Waals surface area contributed by atoms with Gasteiger partial charge in [-0.05, 0) is 12.0 Å². The number of benzene rings is 1. The van der Waals surface area contributed by atoms with Crippen LogP contribution in [0.15, 0.2) is 43.0 Å². The van der Waals surface area contributed by atoms with Crippen LogP contribution in [0.2, 0.25) is 0 Å². The Labute approximate surface area is 102 Å². The SMILES string of the molecule is C=CCC(COCc1ccccc1)C(O)CO. The fourth-order valence-corrected chi connectivity index (χ4v) is 1.60. The number of allylic oxidation sites excluding steroid dienone is 1. The van der Waals surface area contributed by atoms with Gasteiger partial charge in [-0.25, -0.2) is 0 Å². The largest absolute Gasteiger partial charge is 0.394 e. The van der Waals surface area contributed by atoms with Crippen molar-refractivity contribution >= 4 is 0 Å². The molecule has 1 rings (SSSR count). The number of hydrogen-bond acceptors (Lipinski definition) is 3. The van der Waals surface area contributed by atoms with E-state index in [0.29, 0.717) is 19.6 Å². The van der Waals surface area contributed by atoms with E-state index in [2.05, 4.69) is 6.58 Å². The first kappa shape index (κ1) is 13.9. The summed E-state index contributed by atoms with van der Waals surface area (Å²) in [6.07, 6.45) is 1.62. The average molecular weight is 236 g/mol. The van der Waals surface area contributed by atoms with E-state index in [1.165, 1.54) is 0 Å². The van der Waals surface area contributed by atoms with E-state index < -0.39 is 6.10 Å². The van der Waals surface area contributed by atoms with Gasteiger partial charge in [-0.2, -0.15) is 0 Å². The molecule has 0 spiro atoms. The van der Waals surface area contributed by atoms with Crippen molar-refractivity contribution in [3.63, 3.8) is 0 Å². The Balaban J connectivity index is 2.34. The van der Waals surface area contributed by atoms with Crippen LogP contribution in [0.5, 0.6) is 0 Å². The molecule has 0 aromatic heterocycles. The minimum absolute atomic E-state index is 0.0961. The highest BCUT2D eigenvalue weighted by Gasteiger charge is 2.17. The van der Waals surface area contributed by atoms with Gasteiger partial charge < -0.3 is 14.9 Å². The topological polar surface area (TPSA) is 49.7 Å². The molecule has 2 N–H and O–H groups in total. The molecule has 0 heterocycles. The van der Waals surface area contributed by atoms with E-state index in [1.807, 2.05) is 30.3 Å². The Morgan fingerprint density at radius 3 is 2.59 bits per heavy atom. The molecule has 0 aliphatic rings. The molecule has 0 saturated heterocycles. The van der Waals surface area contributed by atoms with Crippen LogP contribution in [-0.2, 0) is 11.3 Å². The van der Waals surface area contributed by atoms with Crippen molar-refractivity contribution < 1.29 is 14.9 Å². The summed E-state index contributed by atoms with van der Waals surface area (Å²) >= 11 is 0. The summed E-state index contributed by atoms with van der Waals surface area (Å²) in [5.74, 6) is -0.0961. The zero-order valence-electron chi connectivity index (χ0n) is 9.96. The van der Waals surface area contributed by atoms with E-state index in [4.69, 9.17) is 9.84 Å². The summed E-state index contributed by atoms with van der Waals surface area (Å²) < 4.78 is 5.54. The van der Waals surface area contributed by atoms with E-state index in [9.17, 15) is 5.11 Å². The van der Waals surface area contributed by atoms with Crippen molar-refractivity contribution in [1.82, 2.24) is 0 Å². The molecule has 0 aliphatic heterocycles. The molecule has 0 radical (unpaired) electrons. The fourth-order valence-electron chi connectivity index (χ4n) is 1.60. The average Bonchev–Trinajstić information content (AvgIpc) is 2.38. The predicted octanol–water partition coefficient (Wildman–Crippen LogP) is 1.75. The van der Waals surface area contributed by atoms with Gasteiger partial charge in [0.15, 0.2) is 0 Å². The van der Waals surface area contributed by atoms with Gasteiger partial charge in [-0.15, -0.1) is 6.58 Å². The lowest BCUT2D eigenvalue weighted by Crippen LogP contribution is -2.27. The molecule has 1 aromatic carbocycles.